The summed E-state index contributed by atoms with van der Waals surface area (Å²) in [5, 5.41) is 12.1. The van der Waals surface area contributed by atoms with Crippen LogP contribution in [0.15, 0.2) is 0 Å². The molecule has 0 aliphatic heterocycles. The lowest BCUT2D eigenvalue weighted by atomic mass is 10.0. The zero-order valence-electron chi connectivity index (χ0n) is 50.6. The summed E-state index contributed by atoms with van der Waals surface area (Å²) in [5.74, 6) is -1.43. The topological polar surface area (TPSA) is 287 Å². The van der Waals surface area contributed by atoms with Crippen molar-refractivity contribution in [3.63, 3.8) is 0 Å². The number of aliphatic carboxylic acids is 1. The number of hydrogen-bond donors (Lipinski definition) is 2. The van der Waals surface area contributed by atoms with E-state index in [0.29, 0.717) is 303 Å². The van der Waals surface area contributed by atoms with E-state index in [9.17, 15) is 19.5 Å². The summed E-state index contributed by atoms with van der Waals surface area (Å²) in [6.07, 6.45) is 2.83. The van der Waals surface area contributed by atoms with Crippen molar-refractivity contribution in [1.29, 1.82) is 0 Å². The van der Waals surface area contributed by atoms with E-state index in [1.165, 1.54) is 0 Å². The van der Waals surface area contributed by atoms with Gasteiger partial charge in [0.15, 0.2) is 0 Å². The summed E-state index contributed by atoms with van der Waals surface area (Å²) in [4.78, 5) is 36.3. The number of amides is 1. The Balaban J connectivity index is 3.39. The highest BCUT2D eigenvalue weighted by atomic mass is 16.6. The monoisotopic (exact) mass is 1210 g/mol. The van der Waals surface area contributed by atoms with Crippen LogP contribution in [0.1, 0.15) is 51.9 Å². The van der Waals surface area contributed by atoms with Gasteiger partial charge in [-0.15, -0.1) is 0 Å². The lowest BCUT2D eigenvalue weighted by Gasteiger charge is -2.14. The summed E-state index contributed by atoms with van der Waals surface area (Å²) < 4.78 is 119. The van der Waals surface area contributed by atoms with Crippen LogP contribution < -0.4 is 5.32 Å². The molecule has 0 rings (SSSR count). The van der Waals surface area contributed by atoms with E-state index in [-0.39, 0.29) is 31.8 Å². The lowest BCUT2D eigenvalue weighted by molar-refractivity contribution is -0.142. The molecule has 0 radical (unpaired) electrons. The summed E-state index contributed by atoms with van der Waals surface area (Å²) >= 11 is 0. The van der Waals surface area contributed by atoms with Gasteiger partial charge in [0.1, 0.15) is 11.8 Å². The lowest BCUT2D eigenvalue weighted by Crippen LogP contribution is -2.41. The maximum Gasteiger partial charge on any atom is 0.326 e. The molecule has 1 amide bonds. The molecule has 27 nitrogen and oxygen atoms in total. The summed E-state index contributed by atoms with van der Waals surface area (Å²) in [5.41, 5.74) is 0. The zero-order valence-corrected chi connectivity index (χ0v) is 50.6. The Morgan fingerprint density at radius 1 is 0.289 bits per heavy atom. The fourth-order valence-electron chi connectivity index (χ4n) is 6.41. The van der Waals surface area contributed by atoms with Crippen LogP contribution in [0.4, 0.5) is 0 Å². The molecule has 0 aromatic rings. The molecule has 0 aromatic carbocycles. The number of nitrogens with one attached hydrogen (secondary N) is 1. The van der Waals surface area contributed by atoms with Crippen LogP contribution in [0, 0.1) is 0 Å². The molecule has 83 heavy (non-hydrogen) atoms. The highest BCUT2D eigenvalue weighted by molar-refractivity contribution is 5.83. The summed E-state index contributed by atoms with van der Waals surface area (Å²) in [7, 11) is 1.64. The van der Waals surface area contributed by atoms with Gasteiger partial charge in [-0.25, -0.2) is 4.79 Å². The third kappa shape index (κ3) is 70.4. The van der Waals surface area contributed by atoms with E-state index in [0.717, 1.165) is 0 Å². The Morgan fingerprint density at radius 2 is 0.518 bits per heavy atom. The average Bonchev–Trinajstić information content (AvgIpc) is 3.48. The summed E-state index contributed by atoms with van der Waals surface area (Å²) in [6, 6.07) is -1.01. The van der Waals surface area contributed by atoms with Crippen molar-refractivity contribution in [3.05, 3.63) is 0 Å². The molecule has 494 valence electrons. The number of carboxylic acids is 1. The molecule has 0 bridgehead atoms. The number of ketones is 1. The van der Waals surface area contributed by atoms with Crippen LogP contribution in [0.5, 0.6) is 0 Å². The van der Waals surface area contributed by atoms with E-state index >= 15 is 0 Å². The quantitative estimate of drug-likeness (QED) is 0.0822. The molecular weight excluding hydrogens is 1100 g/mol. The molecule has 0 aromatic heterocycles. The highest BCUT2D eigenvalue weighted by Crippen LogP contribution is 2.08. The van der Waals surface area contributed by atoms with Gasteiger partial charge >= 0.3 is 5.97 Å². The van der Waals surface area contributed by atoms with E-state index < -0.39 is 17.9 Å². The number of methoxy groups -OCH3 is 1. The molecule has 0 spiro atoms. The molecule has 0 saturated carbocycles. The fourth-order valence-corrected chi connectivity index (χ4v) is 6.41. The maximum absolute atomic E-state index is 12.3. The Bertz CT molecular complexity index is 1300. The van der Waals surface area contributed by atoms with Crippen LogP contribution in [-0.2, 0) is 119 Å². The molecule has 0 saturated heterocycles. The van der Waals surface area contributed by atoms with Crippen molar-refractivity contribution in [2.45, 2.75) is 57.9 Å². The van der Waals surface area contributed by atoms with Crippen molar-refractivity contribution in [2.75, 3.05) is 291 Å². The van der Waals surface area contributed by atoms with Gasteiger partial charge in [0.25, 0.3) is 0 Å². The second-order valence-electron chi connectivity index (χ2n) is 17.5. The van der Waals surface area contributed by atoms with Gasteiger partial charge in [0, 0.05) is 33.0 Å². The van der Waals surface area contributed by atoms with Gasteiger partial charge < -0.3 is 115 Å². The van der Waals surface area contributed by atoms with Crippen LogP contribution in [0.3, 0.4) is 0 Å². The van der Waals surface area contributed by atoms with Crippen molar-refractivity contribution in [3.8, 4) is 0 Å². The Labute approximate surface area is 494 Å². The number of ether oxygens (including phenoxy) is 22. The molecule has 27 heteroatoms. The van der Waals surface area contributed by atoms with Gasteiger partial charge in [0.05, 0.1) is 277 Å². The largest absolute Gasteiger partial charge is 0.480 e. The van der Waals surface area contributed by atoms with Crippen molar-refractivity contribution >= 4 is 17.7 Å². The van der Waals surface area contributed by atoms with Crippen LogP contribution >= 0.6 is 0 Å². The maximum atomic E-state index is 12.3. The minimum atomic E-state index is -1.10. The van der Waals surface area contributed by atoms with Gasteiger partial charge in [0.2, 0.25) is 5.91 Å². The highest BCUT2D eigenvalue weighted by Gasteiger charge is 2.19. The number of unbranched alkanes of at least 4 members (excludes halogenated alkanes) is 2. The van der Waals surface area contributed by atoms with Gasteiger partial charge in [-0.05, 0) is 19.8 Å². The molecule has 0 heterocycles. The van der Waals surface area contributed by atoms with E-state index in [2.05, 4.69) is 5.32 Å². The first kappa shape index (κ1) is 80.7. The van der Waals surface area contributed by atoms with Crippen molar-refractivity contribution < 1.29 is 124 Å². The number of Topliss-reactive ketones (excluding diaryl/α,β-unsaturated/α-hetero) is 1. The molecule has 2 N–H and O–H groups in total. The first-order valence-electron chi connectivity index (χ1n) is 29.7. The third-order valence-corrected chi connectivity index (χ3v) is 10.8. The van der Waals surface area contributed by atoms with Crippen LogP contribution in [-0.4, -0.2) is 320 Å². The Morgan fingerprint density at radius 3 is 0.759 bits per heavy atom. The number of carbonyl (C=O) groups is 3. The van der Waals surface area contributed by atoms with Gasteiger partial charge in [-0.1, -0.05) is 12.8 Å². The smallest absolute Gasteiger partial charge is 0.326 e. The first-order chi connectivity index (χ1) is 41.0. The minimum absolute atomic E-state index is 0.0249. The van der Waals surface area contributed by atoms with Crippen LogP contribution in [0.2, 0.25) is 0 Å². The van der Waals surface area contributed by atoms with E-state index in [1.807, 2.05) is 6.92 Å². The predicted octanol–water partition coefficient (Wildman–Crippen LogP) is 1.87. The standard InChI is InChI=1S/C56H109NO26/c1-3-63-15-16-67-23-24-71-31-32-75-39-40-79-47-48-80-43-41-76-35-33-72-27-25-68-19-17-64-11-9-53(58)7-5-4-6-8-54(56(60)61)57-55(59)10-12-65-18-20-69-26-28-73-34-36-77-42-44-81-49-50-83-52-51-82-46-45-78-38-37-74-30-29-70-22-21-66-14-13-62-2/h54H,3-52H2,1-2H3,(H,57,59)(H,60,61). The molecule has 0 aliphatic carbocycles. The second-order valence-corrected chi connectivity index (χ2v) is 17.5. The second kappa shape index (κ2) is 72.2. The van der Waals surface area contributed by atoms with E-state index in [4.69, 9.17) is 104 Å². The molecule has 0 aliphatic rings. The Hall–Kier alpha value is -2.27. The normalized spacial score (nSPS) is 12.0. The molecule has 1 atom stereocenters. The van der Waals surface area contributed by atoms with Crippen molar-refractivity contribution in [1.82, 2.24) is 5.32 Å². The number of rotatable bonds is 75. The van der Waals surface area contributed by atoms with E-state index in [1.54, 1.807) is 7.11 Å². The van der Waals surface area contributed by atoms with Gasteiger partial charge in [-0.3, -0.25) is 9.59 Å². The van der Waals surface area contributed by atoms with Gasteiger partial charge in [-0.2, -0.15) is 0 Å². The van der Waals surface area contributed by atoms with Crippen molar-refractivity contribution in [2.24, 2.45) is 0 Å². The van der Waals surface area contributed by atoms with Crippen LogP contribution in [0.25, 0.3) is 0 Å². The Kier molecular flexibility index (Phi) is 70.2. The number of carbonyl (C=O) groups excluding carboxylic acids is 2. The molecule has 0 fully saturated rings. The average molecular weight is 1210 g/mol. The number of carboxylic acid groups (broad SMARTS) is 1. The minimum Gasteiger partial charge on any atom is -0.480 e. The summed E-state index contributed by atoms with van der Waals surface area (Å²) in [6.45, 7) is 21.9. The molecular formula is C56H109NO26. The first-order valence-corrected chi connectivity index (χ1v) is 29.7. The molecule has 1 unspecified atom stereocenters. The third-order valence-electron chi connectivity index (χ3n) is 10.8. The fraction of sp³-hybridized carbons (Fsp3) is 0.946. The SMILES string of the molecule is CCOCCOCCOCCOCCOCCOCCOCCOCCOCCOCCC(=O)CCCCCC(NC(=O)CCOCCOCCOCCOCCOCCOCCOCCOCCOCCOCCOCCOC)C(=O)O. The number of hydrogen-bond acceptors (Lipinski definition) is 25. The predicted molar refractivity (Wildman–Crippen MR) is 302 cm³/mol. The zero-order chi connectivity index (χ0) is 59.9.